The normalized spacial score (nSPS) is 10.2. The Hall–Kier alpha value is -1.97. The molecule has 4 heteroatoms. The standard InChI is InChI=1S/C11H12N2O2/c1-2-14-9-5-3-8(4-6-9)10-7-15-13-11(10)12/h3-7H,2H2,1H3,(H2,12,13). The number of benzene rings is 1. The number of ether oxygens (including phenoxy) is 1. The van der Waals surface area contributed by atoms with Gasteiger partial charge in [0.25, 0.3) is 0 Å². The van der Waals surface area contributed by atoms with Crippen molar-refractivity contribution in [3.05, 3.63) is 30.5 Å². The van der Waals surface area contributed by atoms with E-state index in [1.54, 1.807) is 0 Å². The Morgan fingerprint density at radius 2 is 2.07 bits per heavy atom. The van der Waals surface area contributed by atoms with Gasteiger partial charge in [-0.25, -0.2) is 0 Å². The summed E-state index contributed by atoms with van der Waals surface area (Å²) in [6.45, 7) is 2.61. The second kappa shape index (κ2) is 4.04. The molecule has 1 heterocycles. The summed E-state index contributed by atoms with van der Waals surface area (Å²) in [7, 11) is 0. The van der Waals surface area contributed by atoms with Crippen LogP contribution in [0.4, 0.5) is 5.82 Å². The fourth-order valence-electron chi connectivity index (χ4n) is 1.36. The first-order chi connectivity index (χ1) is 7.31. The van der Waals surface area contributed by atoms with Crippen LogP contribution < -0.4 is 10.5 Å². The van der Waals surface area contributed by atoms with E-state index in [0.29, 0.717) is 12.4 Å². The predicted molar refractivity (Wildman–Crippen MR) is 57.5 cm³/mol. The molecule has 0 saturated heterocycles. The van der Waals surface area contributed by atoms with Crippen LogP contribution in [-0.4, -0.2) is 11.8 Å². The highest BCUT2D eigenvalue weighted by molar-refractivity contribution is 5.72. The lowest BCUT2D eigenvalue weighted by atomic mass is 10.1. The highest BCUT2D eigenvalue weighted by atomic mass is 16.5. The molecule has 1 aromatic heterocycles. The summed E-state index contributed by atoms with van der Waals surface area (Å²) in [5.41, 5.74) is 7.41. The van der Waals surface area contributed by atoms with E-state index in [1.165, 1.54) is 6.26 Å². The first kappa shape index (κ1) is 9.58. The third kappa shape index (κ3) is 1.93. The van der Waals surface area contributed by atoms with Gasteiger partial charge in [-0.1, -0.05) is 17.3 Å². The zero-order chi connectivity index (χ0) is 10.7. The van der Waals surface area contributed by atoms with E-state index in [2.05, 4.69) is 5.16 Å². The fraction of sp³-hybridized carbons (Fsp3) is 0.182. The molecular formula is C11H12N2O2. The minimum absolute atomic E-state index is 0.402. The molecule has 0 aliphatic carbocycles. The van der Waals surface area contributed by atoms with Gasteiger partial charge in [-0.05, 0) is 24.6 Å². The average molecular weight is 204 g/mol. The smallest absolute Gasteiger partial charge is 0.174 e. The molecule has 0 spiro atoms. The summed E-state index contributed by atoms with van der Waals surface area (Å²) in [6, 6.07) is 7.64. The molecule has 15 heavy (non-hydrogen) atoms. The Morgan fingerprint density at radius 1 is 1.33 bits per heavy atom. The Labute approximate surface area is 87.6 Å². The molecule has 1 aromatic carbocycles. The summed E-state index contributed by atoms with van der Waals surface area (Å²) in [5.74, 6) is 1.25. The van der Waals surface area contributed by atoms with E-state index in [0.717, 1.165) is 16.9 Å². The first-order valence-electron chi connectivity index (χ1n) is 4.74. The fourth-order valence-corrected chi connectivity index (χ4v) is 1.36. The number of hydrogen-bond donors (Lipinski definition) is 1. The molecule has 0 radical (unpaired) electrons. The maximum atomic E-state index is 5.63. The van der Waals surface area contributed by atoms with E-state index >= 15 is 0 Å². The van der Waals surface area contributed by atoms with Gasteiger partial charge in [0.1, 0.15) is 12.0 Å². The van der Waals surface area contributed by atoms with E-state index < -0.39 is 0 Å². The molecule has 4 nitrogen and oxygen atoms in total. The summed E-state index contributed by atoms with van der Waals surface area (Å²) in [5, 5.41) is 3.62. The Bertz CT molecular complexity index is 434. The lowest BCUT2D eigenvalue weighted by Gasteiger charge is -2.03. The number of nitrogens with two attached hydrogens (primary N) is 1. The maximum absolute atomic E-state index is 5.63. The van der Waals surface area contributed by atoms with Gasteiger partial charge in [-0.3, -0.25) is 0 Å². The molecule has 0 aliphatic heterocycles. The van der Waals surface area contributed by atoms with Crippen molar-refractivity contribution in [2.45, 2.75) is 6.92 Å². The van der Waals surface area contributed by atoms with Crippen LogP contribution in [0.25, 0.3) is 11.1 Å². The largest absolute Gasteiger partial charge is 0.494 e. The third-order valence-corrected chi connectivity index (χ3v) is 2.07. The second-order valence-electron chi connectivity index (χ2n) is 3.07. The first-order valence-corrected chi connectivity index (χ1v) is 4.74. The molecule has 2 aromatic rings. The molecule has 2 N–H and O–H groups in total. The predicted octanol–water partition coefficient (Wildman–Crippen LogP) is 2.32. The lowest BCUT2D eigenvalue weighted by molar-refractivity contribution is 0.340. The van der Waals surface area contributed by atoms with Gasteiger partial charge in [-0.2, -0.15) is 0 Å². The SMILES string of the molecule is CCOc1ccc(-c2conc2N)cc1. The average Bonchev–Trinajstić information content (AvgIpc) is 2.66. The van der Waals surface area contributed by atoms with Crippen molar-refractivity contribution in [1.82, 2.24) is 5.16 Å². The quantitative estimate of drug-likeness (QED) is 0.833. The Kier molecular flexibility index (Phi) is 2.58. The molecule has 0 unspecified atom stereocenters. The minimum atomic E-state index is 0.402. The molecule has 0 bridgehead atoms. The molecule has 0 amide bonds. The van der Waals surface area contributed by atoms with Crippen molar-refractivity contribution in [2.24, 2.45) is 0 Å². The van der Waals surface area contributed by atoms with Crippen LogP contribution in [0.15, 0.2) is 35.1 Å². The van der Waals surface area contributed by atoms with Crippen molar-refractivity contribution in [3.8, 4) is 16.9 Å². The molecule has 0 fully saturated rings. The van der Waals surface area contributed by atoms with Crippen LogP contribution >= 0.6 is 0 Å². The van der Waals surface area contributed by atoms with E-state index in [4.69, 9.17) is 15.0 Å². The second-order valence-corrected chi connectivity index (χ2v) is 3.07. The summed E-state index contributed by atoms with van der Waals surface area (Å²) >= 11 is 0. The van der Waals surface area contributed by atoms with Crippen molar-refractivity contribution in [3.63, 3.8) is 0 Å². The van der Waals surface area contributed by atoms with Crippen molar-refractivity contribution >= 4 is 5.82 Å². The zero-order valence-corrected chi connectivity index (χ0v) is 8.43. The number of nitrogens with zero attached hydrogens (tertiary/aromatic N) is 1. The number of nitrogen functional groups attached to an aromatic ring is 1. The highest BCUT2D eigenvalue weighted by Crippen LogP contribution is 2.26. The summed E-state index contributed by atoms with van der Waals surface area (Å²) in [4.78, 5) is 0. The maximum Gasteiger partial charge on any atom is 0.174 e. The van der Waals surface area contributed by atoms with Gasteiger partial charge < -0.3 is 15.0 Å². The number of aromatic nitrogens is 1. The number of rotatable bonds is 3. The van der Waals surface area contributed by atoms with Crippen LogP contribution in [-0.2, 0) is 0 Å². The highest BCUT2D eigenvalue weighted by Gasteiger charge is 2.06. The zero-order valence-electron chi connectivity index (χ0n) is 8.43. The monoisotopic (exact) mass is 204 g/mol. The van der Waals surface area contributed by atoms with Gasteiger partial charge in [-0.15, -0.1) is 0 Å². The van der Waals surface area contributed by atoms with E-state index in [-0.39, 0.29) is 0 Å². The lowest BCUT2D eigenvalue weighted by Crippen LogP contribution is -1.91. The summed E-state index contributed by atoms with van der Waals surface area (Å²) < 4.78 is 10.1. The van der Waals surface area contributed by atoms with Crippen LogP contribution in [0.3, 0.4) is 0 Å². The topological polar surface area (TPSA) is 61.3 Å². The number of hydrogen-bond acceptors (Lipinski definition) is 4. The molecule has 0 saturated carbocycles. The van der Waals surface area contributed by atoms with Gasteiger partial charge in [0, 0.05) is 0 Å². The molecule has 2 rings (SSSR count). The van der Waals surface area contributed by atoms with Gasteiger partial charge in [0.05, 0.1) is 12.2 Å². The molecule has 78 valence electrons. The molecular weight excluding hydrogens is 192 g/mol. The van der Waals surface area contributed by atoms with E-state index in [9.17, 15) is 0 Å². The van der Waals surface area contributed by atoms with Crippen LogP contribution in [0.5, 0.6) is 5.75 Å². The van der Waals surface area contributed by atoms with Crippen LogP contribution in [0.1, 0.15) is 6.92 Å². The van der Waals surface area contributed by atoms with Crippen LogP contribution in [0.2, 0.25) is 0 Å². The number of anilines is 1. The van der Waals surface area contributed by atoms with Crippen molar-refractivity contribution in [1.29, 1.82) is 0 Å². The Balaban J connectivity index is 2.28. The van der Waals surface area contributed by atoms with Crippen molar-refractivity contribution < 1.29 is 9.26 Å². The third-order valence-electron chi connectivity index (χ3n) is 2.07. The van der Waals surface area contributed by atoms with Gasteiger partial charge >= 0.3 is 0 Å². The van der Waals surface area contributed by atoms with E-state index in [1.807, 2.05) is 31.2 Å². The molecule has 0 aliphatic rings. The van der Waals surface area contributed by atoms with Crippen molar-refractivity contribution in [2.75, 3.05) is 12.3 Å². The molecule has 0 atom stereocenters. The summed E-state index contributed by atoms with van der Waals surface area (Å²) in [6.07, 6.45) is 1.53. The minimum Gasteiger partial charge on any atom is -0.494 e. The van der Waals surface area contributed by atoms with Gasteiger partial charge in [0.2, 0.25) is 0 Å². The van der Waals surface area contributed by atoms with Crippen LogP contribution in [0, 0.1) is 0 Å². The van der Waals surface area contributed by atoms with Gasteiger partial charge in [0.15, 0.2) is 5.82 Å². The Morgan fingerprint density at radius 3 is 2.60 bits per heavy atom.